The minimum Gasteiger partial charge on any atom is -0.272 e. The van der Waals surface area contributed by atoms with Crippen LogP contribution < -0.4 is 0 Å². The minimum absolute atomic E-state index is 0.459. The first-order valence-electron chi connectivity index (χ1n) is 9.85. The molecule has 1 saturated carbocycles. The molecule has 0 saturated heterocycles. The van der Waals surface area contributed by atoms with Crippen molar-refractivity contribution in [1.29, 1.82) is 0 Å². The lowest BCUT2D eigenvalue weighted by atomic mass is 10.00. The maximum Gasteiger partial charge on any atom is 0.0785 e. The molecule has 1 unspecified atom stereocenters. The Labute approximate surface area is 165 Å². The Morgan fingerprint density at radius 2 is 1.96 bits per heavy atom. The Kier molecular flexibility index (Phi) is 3.83. The molecule has 1 aromatic carbocycles. The lowest BCUT2D eigenvalue weighted by molar-refractivity contribution is 0.472. The van der Waals surface area contributed by atoms with E-state index < -0.39 is 0 Å². The zero-order chi connectivity index (χ0) is 19.3. The largest absolute Gasteiger partial charge is 0.272 e. The topological polar surface area (TPSA) is 43.6 Å². The second kappa shape index (κ2) is 6.26. The van der Waals surface area contributed by atoms with E-state index in [1.54, 1.807) is 0 Å². The highest BCUT2D eigenvalue weighted by atomic mass is 15.3. The maximum absolute atomic E-state index is 4.87. The fourth-order valence-corrected chi connectivity index (χ4v) is 3.94. The molecule has 0 bridgehead atoms. The Morgan fingerprint density at radius 1 is 1.11 bits per heavy atom. The van der Waals surface area contributed by atoms with Crippen molar-refractivity contribution in [3.63, 3.8) is 0 Å². The number of hydrogen-bond donors (Lipinski definition) is 0. The maximum atomic E-state index is 4.87. The van der Waals surface area contributed by atoms with Gasteiger partial charge in [-0.25, -0.2) is 0 Å². The van der Waals surface area contributed by atoms with E-state index in [9.17, 15) is 0 Å². The van der Waals surface area contributed by atoms with Crippen LogP contribution in [0.1, 0.15) is 26.0 Å². The number of benzene rings is 1. The van der Waals surface area contributed by atoms with E-state index in [2.05, 4.69) is 71.2 Å². The van der Waals surface area contributed by atoms with Gasteiger partial charge in [0.05, 0.1) is 17.4 Å². The first-order chi connectivity index (χ1) is 13.5. The van der Waals surface area contributed by atoms with Gasteiger partial charge < -0.3 is 0 Å². The molecule has 1 atom stereocenters. The quantitative estimate of drug-likeness (QED) is 0.477. The van der Waals surface area contributed by atoms with E-state index in [-0.39, 0.29) is 0 Å². The van der Waals surface area contributed by atoms with Crippen LogP contribution in [0, 0.1) is 18.3 Å². The molecule has 1 aliphatic carbocycles. The van der Waals surface area contributed by atoms with Crippen LogP contribution in [-0.2, 0) is 6.54 Å². The van der Waals surface area contributed by atoms with Gasteiger partial charge in [0.1, 0.15) is 0 Å². The first-order valence-corrected chi connectivity index (χ1v) is 9.85. The van der Waals surface area contributed by atoms with Crippen LogP contribution in [0.2, 0.25) is 0 Å². The van der Waals surface area contributed by atoms with Gasteiger partial charge in [-0.05, 0) is 42.9 Å². The van der Waals surface area contributed by atoms with Gasteiger partial charge in [0.15, 0.2) is 0 Å². The van der Waals surface area contributed by atoms with Crippen molar-refractivity contribution in [3.05, 3.63) is 66.7 Å². The van der Waals surface area contributed by atoms with Gasteiger partial charge in [0, 0.05) is 46.7 Å². The summed E-state index contributed by atoms with van der Waals surface area (Å²) in [5.41, 5.74) is 6.75. The Morgan fingerprint density at radius 3 is 2.79 bits per heavy atom. The third kappa shape index (κ3) is 3.09. The normalized spacial score (nSPS) is 17.8. The SMILES string of the molecule is Cc1ccc(-c2cnn(CC3CC3(C)C)c2)c(-c2ccc3cccnc3c2)n1. The van der Waals surface area contributed by atoms with Crippen molar-refractivity contribution in [2.45, 2.75) is 33.7 Å². The van der Waals surface area contributed by atoms with E-state index in [0.29, 0.717) is 5.41 Å². The second-order valence-electron chi connectivity index (χ2n) is 8.60. The summed E-state index contributed by atoms with van der Waals surface area (Å²) in [4.78, 5) is 9.37. The zero-order valence-electron chi connectivity index (χ0n) is 16.6. The summed E-state index contributed by atoms with van der Waals surface area (Å²) in [5, 5.41) is 5.76. The van der Waals surface area contributed by atoms with Gasteiger partial charge in [-0.3, -0.25) is 14.6 Å². The third-order valence-electron chi connectivity index (χ3n) is 5.98. The summed E-state index contributed by atoms with van der Waals surface area (Å²) >= 11 is 0. The van der Waals surface area contributed by atoms with Gasteiger partial charge in [0.2, 0.25) is 0 Å². The summed E-state index contributed by atoms with van der Waals surface area (Å²) in [6.07, 6.45) is 7.23. The highest BCUT2D eigenvalue weighted by Gasteiger charge is 2.45. The van der Waals surface area contributed by atoms with E-state index >= 15 is 0 Å². The number of pyridine rings is 2. The van der Waals surface area contributed by atoms with Gasteiger partial charge in [-0.1, -0.05) is 38.1 Å². The molecule has 4 aromatic rings. The number of nitrogens with zero attached hydrogens (tertiary/aromatic N) is 4. The molecule has 4 nitrogen and oxygen atoms in total. The summed E-state index contributed by atoms with van der Waals surface area (Å²) in [7, 11) is 0. The highest BCUT2D eigenvalue weighted by Crippen LogP contribution is 2.52. The molecule has 0 aliphatic heterocycles. The Balaban J connectivity index is 1.54. The molecule has 5 rings (SSSR count). The average molecular weight is 368 g/mol. The lowest BCUT2D eigenvalue weighted by Crippen LogP contribution is -2.03. The Hall–Kier alpha value is -3.01. The summed E-state index contributed by atoms with van der Waals surface area (Å²) < 4.78 is 2.08. The number of rotatable bonds is 4. The van der Waals surface area contributed by atoms with Gasteiger partial charge in [-0.15, -0.1) is 0 Å². The standard InChI is InChI=1S/C24H24N4/c1-16-6-9-21(19-13-26-28(14-19)15-20-12-24(20,2)3)23(27-16)18-8-7-17-5-4-10-25-22(17)11-18/h4-11,13-14,20H,12,15H2,1-3H3. The molecule has 3 aromatic heterocycles. The average Bonchev–Trinajstić information content (AvgIpc) is 3.06. The highest BCUT2D eigenvalue weighted by molar-refractivity contribution is 5.87. The second-order valence-corrected chi connectivity index (χ2v) is 8.60. The molecule has 28 heavy (non-hydrogen) atoms. The van der Waals surface area contributed by atoms with Crippen molar-refractivity contribution >= 4 is 10.9 Å². The minimum atomic E-state index is 0.459. The van der Waals surface area contributed by atoms with Crippen LogP contribution in [0.4, 0.5) is 0 Å². The number of fused-ring (bicyclic) bond motifs is 1. The van der Waals surface area contributed by atoms with Crippen LogP contribution >= 0.6 is 0 Å². The van der Waals surface area contributed by atoms with Crippen LogP contribution in [0.3, 0.4) is 0 Å². The zero-order valence-corrected chi connectivity index (χ0v) is 16.6. The molecule has 0 N–H and O–H groups in total. The molecular weight excluding hydrogens is 344 g/mol. The summed E-state index contributed by atoms with van der Waals surface area (Å²) in [6, 6.07) is 14.6. The number of hydrogen-bond acceptors (Lipinski definition) is 3. The van der Waals surface area contributed by atoms with E-state index in [1.165, 1.54) is 6.42 Å². The molecule has 1 fully saturated rings. The summed E-state index contributed by atoms with van der Waals surface area (Å²) in [5.74, 6) is 0.724. The molecular formula is C24H24N4. The summed E-state index contributed by atoms with van der Waals surface area (Å²) in [6.45, 7) is 7.68. The van der Waals surface area contributed by atoms with E-state index in [1.807, 2.05) is 25.4 Å². The van der Waals surface area contributed by atoms with Crippen molar-refractivity contribution in [2.24, 2.45) is 11.3 Å². The van der Waals surface area contributed by atoms with Crippen molar-refractivity contribution in [2.75, 3.05) is 0 Å². The fourth-order valence-electron chi connectivity index (χ4n) is 3.94. The van der Waals surface area contributed by atoms with Crippen LogP contribution in [0.15, 0.2) is 61.1 Å². The molecule has 4 heteroatoms. The number of aryl methyl sites for hydroxylation is 1. The molecule has 140 valence electrons. The fraction of sp³-hybridized carbons (Fsp3) is 0.292. The van der Waals surface area contributed by atoms with Crippen molar-refractivity contribution in [1.82, 2.24) is 19.7 Å². The van der Waals surface area contributed by atoms with E-state index in [4.69, 9.17) is 4.98 Å². The predicted octanol–water partition coefficient (Wildman–Crippen LogP) is 5.51. The first kappa shape index (κ1) is 17.1. The van der Waals surface area contributed by atoms with Crippen LogP contribution in [0.5, 0.6) is 0 Å². The smallest absolute Gasteiger partial charge is 0.0785 e. The van der Waals surface area contributed by atoms with Gasteiger partial charge >= 0.3 is 0 Å². The third-order valence-corrected chi connectivity index (χ3v) is 5.98. The molecule has 3 heterocycles. The van der Waals surface area contributed by atoms with Crippen LogP contribution in [-0.4, -0.2) is 19.7 Å². The molecule has 0 radical (unpaired) electrons. The predicted molar refractivity (Wildman–Crippen MR) is 113 cm³/mol. The molecule has 1 aliphatic rings. The van der Waals surface area contributed by atoms with Crippen LogP contribution in [0.25, 0.3) is 33.3 Å². The monoisotopic (exact) mass is 368 g/mol. The lowest BCUT2D eigenvalue weighted by Gasteiger charge is -2.10. The van der Waals surface area contributed by atoms with Crippen molar-refractivity contribution < 1.29 is 0 Å². The number of aromatic nitrogens is 4. The van der Waals surface area contributed by atoms with Crippen molar-refractivity contribution in [3.8, 4) is 22.4 Å². The Bertz CT molecular complexity index is 1170. The van der Waals surface area contributed by atoms with Gasteiger partial charge in [-0.2, -0.15) is 5.10 Å². The molecule has 0 amide bonds. The van der Waals surface area contributed by atoms with Gasteiger partial charge in [0.25, 0.3) is 0 Å². The van der Waals surface area contributed by atoms with E-state index in [0.717, 1.165) is 51.4 Å². The molecule has 0 spiro atoms.